The Morgan fingerprint density at radius 3 is 1.41 bits per heavy atom. The second kappa shape index (κ2) is 21.3. The number of hydrogen-bond donors (Lipinski definition) is 0. The van der Waals surface area contributed by atoms with Gasteiger partial charge in [0.2, 0.25) is 0 Å². The van der Waals surface area contributed by atoms with Crippen molar-refractivity contribution in [2.24, 2.45) is 11.8 Å². The van der Waals surface area contributed by atoms with Gasteiger partial charge in [0, 0.05) is 61.6 Å². The zero-order valence-electron chi connectivity index (χ0n) is 40.3. The van der Waals surface area contributed by atoms with Crippen LogP contribution in [-0.4, -0.2) is 110 Å². The third-order valence-electron chi connectivity index (χ3n) is 12.5. The van der Waals surface area contributed by atoms with Crippen molar-refractivity contribution in [1.29, 1.82) is 0 Å². The number of nitrogens with zero attached hydrogens (tertiary/aromatic N) is 12. The molecule has 70 heavy (non-hydrogen) atoms. The molecule has 2 aliphatic heterocycles. The number of pyridine rings is 4. The van der Waals surface area contributed by atoms with E-state index in [1.807, 2.05) is 56.6 Å². The largest absolute Gasteiger partial charge is 0.467 e. The molecule has 10 rings (SSSR count). The summed E-state index contributed by atoms with van der Waals surface area (Å²) in [5, 5.41) is 9.40. The highest BCUT2D eigenvalue weighted by atomic mass is 32.2. The van der Waals surface area contributed by atoms with Crippen molar-refractivity contribution in [1.82, 2.24) is 50.2 Å². The fourth-order valence-electron chi connectivity index (χ4n) is 8.19. The highest BCUT2D eigenvalue weighted by Crippen LogP contribution is 2.35. The average molecular weight is 1030 g/mol. The molecule has 8 aromatic heterocycles. The van der Waals surface area contributed by atoms with Gasteiger partial charge in [-0.25, -0.2) is 28.4 Å². The first-order chi connectivity index (χ1) is 33.7. The van der Waals surface area contributed by atoms with E-state index in [1.54, 1.807) is 23.9 Å². The lowest BCUT2D eigenvalue weighted by molar-refractivity contribution is 0.131. The van der Waals surface area contributed by atoms with Crippen LogP contribution in [0, 0.1) is 11.8 Å². The van der Waals surface area contributed by atoms with Crippen LogP contribution in [0.5, 0.6) is 10.4 Å². The molecular weight excluding hydrogens is 969 g/mol. The Balaban J connectivity index is 0.000000174. The predicted octanol–water partition coefficient (Wildman–Crippen LogP) is 10.0. The second-order valence-corrected chi connectivity index (χ2v) is 23.0. The first kappa shape index (κ1) is 49.2. The zero-order chi connectivity index (χ0) is 49.1. The van der Waals surface area contributed by atoms with Crippen molar-refractivity contribution in [3.8, 4) is 33.2 Å². The van der Waals surface area contributed by atoms with Crippen molar-refractivity contribution < 1.29 is 26.9 Å². The molecule has 0 amide bonds. The summed E-state index contributed by atoms with van der Waals surface area (Å²) in [5.74, 6) is 2.83. The van der Waals surface area contributed by atoms with Crippen LogP contribution in [0.4, 0.5) is 12.0 Å². The summed E-state index contributed by atoms with van der Waals surface area (Å²) in [7, 11) is -3.29. The molecule has 368 valence electrons. The maximum Gasteiger partial charge on any atom is 0.324 e. The van der Waals surface area contributed by atoms with E-state index in [9.17, 15) is 8.42 Å². The van der Waals surface area contributed by atoms with E-state index in [0.29, 0.717) is 45.6 Å². The molecule has 0 N–H and O–H groups in total. The Kier molecular flexibility index (Phi) is 14.9. The highest BCUT2D eigenvalue weighted by Gasteiger charge is 2.30. The van der Waals surface area contributed by atoms with Crippen molar-refractivity contribution in [3.63, 3.8) is 0 Å². The molecule has 0 aliphatic carbocycles. The number of aromatic nitrogens is 10. The van der Waals surface area contributed by atoms with Crippen LogP contribution in [0.1, 0.15) is 90.7 Å². The van der Waals surface area contributed by atoms with Crippen molar-refractivity contribution in [2.45, 2.75) is 101 Å². The van der Waals surface area contributed by atoms with E-state index in [0.717, 1.165) is 107 Å². The molecule has 2 atom stereocenters. The van der Waals surface area contributed by atoms with E-state index in [-0.39, 0.29) is 28.9 Å². The van der Waals surface area contributed by atoms with Crippen molar-refractivity contribution >= 4 is 77.0 Å². The van der Waals surface area contributed by atoms with E-state index in [2.05, 4.69) is 88.8 Å². The average Bonchev–Trinajstić information content (AvgIpc) is 4.21. The summed E-state index contributed by atoms with van der Waals surface area (Å²) in [6.45, 7) is 15.9. The molecule has 0 radical (unpaired) electrons. The van der Waals surface area contributed by atoms with Gasteiger partial charge >= 0.3 is 12.0 Å². The SMILES string of the molecule is CC(C)c1noc(N2CCC(C(C)Oc3nc4ccc(-c5ccc(S(C)(=O)=O)cn5)nc4s3)CC2)n1.CSc1ccc(-c2ccc3nc(OC(C)C4CCN(c5nc(C(C)C)no5)CC4)sc3n2)nc1. The molecule has 0 saturated carbocycles. The number of fused-ring (bicyclic) bond motifs is 2. The van der Waals surface area contributed by atoms with Gasteiger partial charge in [0.15, 0.2) is 21.5 Å². The molecule has 0 bridgehead atoms. The van der Waals surface area contributed by atoms with Crippen LogP contribution in [0.25, 0.3) is 43.5 Å². The number of thioether (sulfide) groups is 1. The van der Waals surface area contributed by atoms with Crippen molar-refractivity contribution in [2.75, 3.05) is 48.5 Å². The van der Waals surface area contributed by atoms with Gasteiger partial charge in [0.25, 0.3) is 10.4 Å². The second-order valence-electron chi connectivity index (χ2n) is 18.2. The molecule has 2 aliphatic rings. The first-order valence-electron chi connectivity index (χ1n) is 23.4. The molecular formula is C48H56N12O6S4. The number of thiazole rings is 2. The predicted molar refractivity (Wildman–Crippen MR) is 273 cm³/mol. The van der Waals surface area contributed by atoms with E-state index in [1.165, 1.54) is 28.9 Å². The van der Waals surface area contributed by atoms with Gasteiger partial charge in [0.05, 0.1) is 27.7 Å². The molecule has 2 saturated heterocycles. The van der Waals surface area contributed by atoms with Gasteiger partial charge < -0.3 is 28.3 Å². The van der Waals surface area contributed by atoms with Crippen LogP contribution >= 0.6 is 34.4 Å². The number of hydrogen-bond acceptors (Lipinski definition) is 21. The quantitative estimate of drug-likeness (QED) is 0.0926. The molecule has 10 heterocycles. The number of sulfone groups is 1. The monoisotopic (exact) mass is 1020 g/mol. The number of piperidine rings is 2. The lowest BCUT2D eigenvalue weighted by Gasteiger charge is -2.33. The first-order valence-corrected chi connectivity index (χ1v) is 28.1. The summed E-state index contributed by atoms with van der Waals surface area (Å²) in [4.78, 5) is 43.8. The number of rotatable bonds is 14. The molecule has 8 aromatic rings. The van der Waals surface area contributed by atoms with E-state index < -0.39 is 9.84 Å². The summed E-state index contributed by atoms with van der Waals surface area (Å²) in [6.07, 6.45) is 10.4. The molecule has 2 fully saturated rings. The van der Waals surface area contributed by atoms with Crippen molar-refractivity contribution in [3.05, 3.63) is 72.6 Å². The molecule has 0 spiro atoms. The summed E-state index contributed by atoms with van der Waals surface area (Å²) in [6, 6.07) is 16.2. The van der Waals surface area contributed by atoms with Crippen LogP contribution < -0.4 is 19.3 Å². The van der Waals surface area contributed by atoms with Crippen LogP contribution in [0.3, 0.4) is 0 Å². The topological polar surface area (TPSA) is 214 Å². The fraction of sp³-hybridized carbons (Fsp3) is 0.458. The van der Waals surface area contributed by atoms with E-state index >= 15 is 0 Å². The lowest BCUT2D eigenvalue weighted by atomic mass is 9.92. The minimum atomic E-state index is -3.29. The third kappa shape index (κ3) is 11.5. The molecule has 18 nitrogen and oxygen atoms in total. The van der Waals surface area contributed by atoms with Crippen LogP contribution in [0.15, 0.2) is 79.8 Å². The van der Waals surface area contributed by atoms with Crippen LogP contribution in [0.2, 0.25) is 0 Å². The Morgan fingerprint density at radius 2 is 1.04 bits per heavy atom. The smallest absolute Gasteiger partial charge is 0.324 e. The molecule has 22 heteroatoms. The highest BCUT2D eigenvalue weighted by molar-refractivity contribution is 7.98. The summed E-state index contributed by atoms with van der Waals surface area (Å²) >= 11 is 4.56. The molecule has 2 unspecified atom stereocenters. The Morgan fingerprint density at radius 1 is 0.600 bits per heavy atom. The number of ether oxygens (including phenoxy) is 2. The third-order valence-corrected chi connectivity index (χ3v) is 16.1. The van der Waals surface area contributed by atoms with Crippen LogP contribution in [-0.2, 0) is 9.84 Å². The summed E-state index contributed by atoms with van der Waals surface area (Å²) in [5.41, 5.74) is 4.56. The van der Waals surface area contributed by atoms with Gasteiger partial charge in [-0.3, -0.25) is 9.97 Å². The minimum absolute atomic E-state index is 0.00583. The van der Waals surface area contributed by atoms with E-state index in [4.69, 9.17) is 23.5 Å². The van der Waals surface area contributed by atoms with Gasteiger partial charge in [-0.2, -0.15) is 9.97 Å². The molecule has 0 aromatic carbocycles. The van der Waals surface area contributed by atoms with Gasteiger partial charge in [-0.1, -0.05) is 60.7 Å². The number of anilines is 2. The fourth-order valence-corrected chi connectivity index (χ4v) is 10.9. The van der Waals surface area contributed by atoms with Gasteiger partial charge in [-0.05, 0) is 106 Å². The lowest BCUT2D eigenvalue weighted by Crippen LogP contribution is -2.38. The Hall–Kier alpha value is -5.84. The maximum absolute atomic E-state index is 11.7. The zero-order valence-corrected chi connectivity index (χ0v) is 43.6. The Labute approximate surface area is 419 Å². The Bertz CT molecular complexity index is 3120. The maximum atomic E-state index is 11.7. The standard InChI is InChI=1S/C24H28N6O4S2.C24H28N6O2S2/c1-14(2)21-28-23(34-29-21)30-11-9-16(10-12-30)15(3)33-24-27-20-8-7-19(26-22(20)35-24)18-6-5-17(13-25-18)36(4,31)32;1-14(2)21-28-23(32-29-21)30-11-9-16(10-12-30)15(3)31-24-27-20-8-7-19(26-22(20)34-24)18-6-5-17(33-4)13-25-18/h5-8,13-16H,9-12H2,1-4H3;5-8,13-16H,9-12H2,1-4H3. The van der Waals surface area contributed by atoms with Gasteiger partial charge in [-0.15, -0.1) is 11.8 Å². The summed E-state index contributed by atoms with van der Waals surface area (Å²) < 4.78 is 46.7. The normalized spacial score (nSPS) is 16.0. The van der Waals surface area contributed by atoms with Gasteiger partial charge in [0.1, 0.15) is 32.9 Å². The minimum Gasteiger partial charge on any atom is -0.467 e.